The number of rotatable bonds is 11. The zero-order valence-corrected chi connectivity index (χ0v) is 23.2. The van der Waals surface area contributed by atoms with Crippen LogP contribution in [0.1, 0.15) is 118 Å². The van der Waals surface area contributed by atoms with Gasteiger partial charge in [-0.2, -0.15) is 0 Å². The van der Waals surface area contributed by atoms with E-state index >= 15 is 0 Å². The van der Waals surface area contributed by atoms with E-state index in [2.05, 4.69) is 71.7 Å². The number of amides is 1. The highest BCUT2D eigenvalue weighted by molar-refractivity contribution is 7.12. The molecule has 1 saturated heterocycles. The summed E-state index contributed by atoms with van der Waals surface area (Å²) in [6.45, 7) is 13.2. The fourth-order valence-corrected chi connectivity index (χ4v) is 7.12. The Labute approximate surface area is 215 Å². The van der Waals surface area contributed by atoms with Gasteiger partial charge >= 0.3 is 0 Å². The smallest absolute Gasteiger partial charge is 0.223 e. The van der Waals surface area contributed by atoms with E-state index in [1.54, 1.807) is 0 Å². The Morgan fingerprint density at radius 1 is 1.14 bits per heavy atom. The van der Waals surface area contributed by atoms with Gasteiger partial charge in [-0.1, -0.05) is 33.6 Å². The van der Waals surface area contributed by atoms with Crippen molar-refractivity contribution in [3.05, 3.63) is 33.5 Å². The number of nitrogens with zero attached hydrogens (tertiary/aromatic N) is 4. The van der Waals surface area contributed by atoms with E-state index in [1.165, 1.54) is 35.4 Å². The van der Waals surface area contributed by atoms with Gasteiger partial charge < -0.3 is 14.8 Å². The molecule has 0 aromatic carbocycles. The second-order valence-electron chi connectivity index (χ2n) is 11.0. The second kappa shape index (κ2) is 12.0. The summed E-state index contributed by atoms with van der Waals surface area (Å²) in [7, 11) is 0. The second-order valence-corrected chi connectivity index (χ2v) is 12.4. The van der Waals surface area contributed by atoms with Crippen LogP contribution >= 0.6 is 11.3 Å². The number of aryl methyl sites for hydroxylation is 2. The molecule has 3 heterocycles. The van der Waals surface area contributed by atoms with E-state index in [1.807, 2.05) is 11.3 Å². The first-order valence-corrected chi connectivity index (χ1v) is 14.7. The van der Waals surface area contributed by atoms with Crippen molar-refractivity contribution in [1.29, 1.82) is 0 Å². The lowest BCUT2D eigenvalue weighted by molar-refractivity contribution is -0.125. The predicted octanol–water partition coefficient (Wildman–Crippen LogP) is 6.32. The summed E-state index contributed by atoms with van der Waals surface area (Å²) < 4.78 is 2.40. The van der Waals surface area contributed by atoms with Gasteiger partial charge in [-0.15, -0.1) is 21.5 Å². The van der Waals surface area contributed by atoms with Crippen LogP contribution in [0.25, 0.3) is 0 Å². The normalized spacial score (nSPS) is 21.1. The molecule has 2 aromatic heterocycles. The van der Waals surface area contributed by atoms with E-state index in [0.717, 1.165) is 56.8 Å². The third kappa shape index (κ3) is 6.34. The summed E-state index contributed by atoms with van der Waals surface area (Å²) in [5.41, 5.74) is 0. The molecular weight excluding hydrogens is 454 g/mol. The van der Waals surface area contributed by atoms with Crippen LogP contribution in [0.2, 0.25) is 0 Å². The molecule has 2 aliphatic rings. The molecule has 2 aromatic rings. The van der Waals surface area contributed by atoms with E-state index in [0.29, 0.717) is 18.0 Å². The van der Waals surface area contributed by atoms with Gasteiger partial charge in [0.15, 0.2) is 0 Å². The molecule has 6 nitrogen and oxygen atoms in total. The van der Waals surface area contributed by atoms with Gasteiger partial charge in [-0.25, -0.2) is 0 Å². The number of hydrogen-bond acceptors (Lipinski definition) is 5. The van der Waals surface area contributed by atoms with Crippen LogP contribution in [0, 0.1) is 19.8 Å². The van der Waals surface area contributed by atoms with Gasteiger partial charge in [0.05, 0.1) is 6.04 Å². The minimum absolute atomic E-state index is 0.123. The van der Waals surface area contributed by atoms with E-state index in [9.17, 15) is 4.79 Å². The molecule has 0 spiro atoms. The molecule has 2 fully saturated rings. The molecule has 1 N–H and O–H groups in total. The average Bonchev–Trinajstić information content (AvgIpc) is 3.63. The maximum atomic E-state index is 13.0. The number of aromatic nitrogens is 3. The quantitative estimate of drug-likeness (QED) is 0.393. The molecule has 0 bridgehead atoms. The molecule has 1 amide bonds. The molecule has 1 aliphatic heterocycles. The topological polar surface area (TPSA) is 63.1 Å². The van der Waals surface area contributed by atoms with Gasteiger partial charge in [0.1, 0.15) is 11.6 Å². The van der Waals surface area contributed by atoms with Crippen molar-refractivity contribution in [2.24, 2.45) is 5.92 Å². The van der Waals surface area contributed by atoms with Crippen molar-refractivity contribution in [3.63, 3.8) is 0 Å². The highest BCUT2D eigenvalue weighted by atomic mass is 32.1. The van der Waals surface area contributed by atoms with Gasteiger partial charge in [0.2, 0.25) is 5.91 Å². The fraction of sp³-hybridized carbons (Fsp3) is 0.750. The lowest BCUT2D eigenvalue weighted by atomic mass is 10.0. The highest BCUT2D eigenvalue weighted by Gasteiger charge is 2.31. The Kier molecular flexibility index (Phi) is 9.03. The molecule has 7 heteroatoms. The molecule has 1 saturated carbocycles. The molecule has 1 aliphatic carbocycles. The summed E-state index contributed by atoms with van der Waals surface area (Å²) in [5, 5.41) is 12.4. The summed E-state index contributed by atoms with van der Waals surface area (Å²) >= 11 is 1.83. The Hall–Kier alpha value is -1.73. The summed E-state index contributed by atoms with van der Waals surface area (Å²) in [5.74, 6) is 3.01. The van der Waals surface area contributed by atoms with Gasteiger partial charge in [0.25, 0.3) is 0 Å². The Morgan fingerprint density at radius 3 is 2.57 bits per heavy atom. The monoisotopic (exact) mass is 499 g/mol. The molecule has 194 valence electrons. The summed E-state index contributed by atoms with van der Waals surface area (Å²) in [4.78, 5) is 18.3. The molecule has 3 atom stereocenters. The SMILES string of the molecule is CCC(CC1CCCN1CCC(NC(=O)C1CCCC1)c1ccc(C)s1)n1c(C)nnc1C(C)C. The maximum Gasteiger partial charge on any atom is 0.223 e. The van der Waals surface area contributed by atoms with Crippen molar-refractivity contribution in [2.45, 2.75) is 116 Å². The molecule has 3 unspecified atom stereocenters. The number of carbonyl (C=O) groups excluding carboxylic acids is 1. The van der Waals surface area contributed by atoms with Crippen molar-refractivity contribution in [3.8, 4) is 0 Å². The summed E-state index contributed by atoms with van der Waals surface area (Å²) in [6, 6.07) is 5.55. The van der Waals surface area contributed by atoms with Crippen LogP contribution in [0.3, 0.4) is 0 Å². The number of nitrogens with one attached hydrogen (secondary N) is 1. The van der Waals surface area contributed by atoms with Crippen molar-refractivity contribution in [2.75, 3.05) is 13.1 Å². The lowest BCUT2D eigenvalue weighted by Gasteiger charge is -2.31. The Morgan fingerprint density at radius 2 is 1.91 bits per heavy atom. The van der Waals surface area contributed by atoms with Crippen LogP contribution < -0.4 is 5.32 Å². The van der Waals surface area contributed by atoms with E-state index in [4.69, 9.17) is 0 Å². The summed E-state index contributed by atoms with van der Waals surface area (Å²) in [6.07, 6.45) is 10.2. The van der Waals surface area contributed by atoms with Crippen molar-refractivity contribution >= 4 is 17.2 Å². The van der Waals surface area contributed by atoms with E-state index < -0.39 is 0 Å². The van der Waals surface area contributed by atoms with Crippen LogP contribution in [0.4, 0.5) is 0 Å². The van der Waals surface area contributed by atoms with Crippen LogP contribution in [-0.4, -0.2) is 44.7 Å². The molecule has 35 heavy (non-hydrogen) atoms. The Balaban J connectivity index is 1.42. The third-order valence-corrected chi connectivity index (χ3v) is 9.26. The minimum atomic E-state index is 0.123. The average molecular weight is 500 g/mol. The number of carbonyl (C=O) groups is 1. The molecular formula is C28H45N5OS. The van der Waals surface area contributed by atoms with E-state index in [-0.39, 0.29) is 17.9 Å². The zero-order chi connectivity index (χ0) is 24.9. The fourth-order valence-electron chi connectivity index (χ4n) is 6.15. The van der Waals surface area contributed by atoms with Crippen LogP contribution in [0.15, 0.2) is 12.1 Å². The lowest BCUT2D eigenvalue weighted by Crippen LogP contribution is -2.37. The minimum Gasteiger partial charge on any atom is -0.348 e. The van der Waals surface area contributed by atoms with Crippen molar-refractivity contribution < 1.29 is 4.79 Å². The standard InChI is InChI=1S/C28H45N5OS/c1-6-23(33-21(5)30-31-27(33)19(2)3)18-24-12-9-16-32(24)17-15-25(26-14-13-20(4)35-26)29-28(34)22-10-7-8-11-22/h13-14,19,22-25H,6-12,15-18H2,1-5H3,(H,29,34). The number of likely N-dealkylation sites (tertiary alicyclic amines) is 1. The first-order chi connectivity index (χ1) is 16.9. The first-order valence-electron chi connectivity index (χ1n) is 13.9. The van der Waals surface area contributed by atoms with Crippen LogP contribution in [0.5, 0.6) is 0 Å². The number of thiophene rings is 1. The molecule has 4 rings (SSSR count). The van der Waals surface area contributed by atoms with Gasteiger partial charge in [-0.05, 0) is 77.5 Å². The highest BCUT2D eigenvalue weighted by Crippen LogP contribution is 2.33. The third-order valence-electron chi connectivity index (χ3n) is 8.14. The largest absolute Gasteiger partial charge is 0.348 e. The Bertz CT molecular complexity index is 960. The van der Waals surface area contributed by atoms with Crippen LogP contribution in [-0.2, 0) is 4.79 Å². The zero-order valence-electron chi connectivity index (χ0n) is 22.4. The van der Waals surface area contributed by atoms with Gasteiger partial charge in [0, 0.05) is 40.2 Å². The molecule has 0 radical (unpaired) electrons. The van der Waals surface area contributed by atoms with Crippen molar-refractivity contribution in [1.82, 2.24) is 25.0 Å². The maximum absolute atomic E-state index is 13.0. The van der Waals surface area contributed by atoms with Gasteiger partial charge in [-0.3, -0.25) is 4.79 Å². The number of hydrogen-bond donors (Lipinski definition) is 1. The predicted molar refractivity (Wildman–Crippen MR) is 144 cm³/mol. The first kappa shape index (κ1) is 26.3.